The maximum Gasteiger partial charge on any atom is 0.128 e. The molecule has 1 saturated heterocycles. The molecule has 1 aromatic heterocycles. The molecule has 0 saturated carbocycles. The van der Waals surface area contributed by atoms with Crippen LogP contribution in [0.5, 0.6) is 0 Å². The molecule has 22 heavy (non-hydrogen) atoms. The lowest BCUT2D eigenvalue weighted by atomic mass is 10.2. The first-order valence-electron chi connectivity index (χ1n) is 7.68. The van der Waals surface area contributed by atoms with E-state index in [1.807, 2.05) is 12.1 Å². The third kappa shape index (κ3) is 3.63. The highest BCUT2D eigenvalue weighted by Gasteiger charge is 2.18. The van der Waals surface area contributed by atoms with E-state index in [1.165, 1.54) is 5.56 Å². The monoisotopic (exact) mass is 292 g/mol. The highest BCUT2D eigenvalue weighted by molar-refractivity contribution is 5.42. The van der Waals surface area contributed by atoms with Gasteiger partial charge in [-0.3, -0.25) is 4.90 Å². The van der Waals surface area contributed by atoms with E-state index in [1.54, 1.807) is 6.20 Å². The normalized spacial score (nSPS) is 15.5. The number of anilines is 1. The van der Waals surface area contributed by atoms with Crippen LogP contribution < -0.4 is 4.90 Å². The Balaban J connectivity index is 1.57. The maximum atomic E-state index is 8.81. The first kappa shape index (κ1) is 14.6. The molecule has 0 aliphatic carbocycles. The predicted molar refractivity (Wildman–Crippen MR) is 87.5 cm³/mol. The molecule has 0 spiro atoms. The third-order valence-corrected chi connectivity index (χ3v) is 4.04. The van der Waals surface area contributed by atoms with Gasteiger partial charge in [0.05, 0.1) is 12.5 Å². The van der Waals surface area contributed by atoms with Crippen molar-refractivity contribution >= 4 is 5.82 Å². The zero-order valence-electron chi connectivity index (χ0n) is 12.7. The summed E-state index contributed by atoms with van der Waals surface area (Å²) in [4.78, 5) is 9.24. The Morgan fingerprint density at radius 3 is 2.50 bits per heavy atom. The van der Waals surface area contributed by atoms with Crippen molar-refractivity contribution in [1.29, 1.82) is 5.26 Å². The summed E-state index contributed by atoms with van der Waals surface area (Å²) in [5, 5.41) is 8.81. The molecule has 0 amide bonds. The lowest BCUT2D eigenvalue weighted by molar-refractivity contribution is 0.249. The maximum absolute atomic E-state index is 8.81. The average Bonchev–Trinajstić information content (AvgIpc) is 2.57. The topological polar surface area (TPSA) is 43.2 Å². The summed E-state index contributed by atoms with van der Waals surface area (Å²) >= 11 is 0. The van der Waals surface area contributed by atoms with Crippen LogP contribution in [0, 0.1) is 11.3 Å². The van der Waals surface area contributed by atoms with E-state index in [0.29, 0.717) is 6.42 Å². The zero-order chi connectivity index (χ0) is 15.2. The van der Waals surface area contributed by atoms with E-state index in [9.17, 15) is 0 Å². The second kappa shape index (κ2) is 7.06. The van der Waals surface area contributed by atoms with Gasteiger partial charge >= 0.3 is 0 Å². The SMILES string of the molecule is N#CCc1ccnc(N2CCN(Cc3ccccc3)CC2)c1. The van der Waals surface area contributed by atoms with Crippen molar-refractivity contribution in [2.75, 3.05) is 31.1 Å². The molecule has 1 aliphatic heterocycles. The van der Waals surface area contributed by atoms with Crippen molar-refractivity contribution in [2.45, 2.75) is 13.0 Å². The second-order valence-corrected chi connectivity index (χ2v) is 5.61. The lowest BCUT2D eigenvalue weighted by Crippen LogP contribution is -2.46. The second-order valence-electron chi connectivity index (χ2n) is 5.61. The molecule has 0 radical (unpaired) electrons. The Hall–Kier alpha value is -2.38. The van der Waals surface area contributed by atoms with Gasteiger partial charge in [0.2, 0.25) is 0 Å². The lowest BCUT2D eigenvalue weighted by Gasteiger charge is -2.35. The fourth-order valence-electron chi connectivity index (χ4n) is 2.81. The first-order valence-corrected chi connectivity index (χ1v) is 7.68. The van der Waals surface area contributed by atoms with E-state index in [2.05, 4.69) is 51.2 Å². The van der Waals surface area contributed by atoms with Crippen LogP contribution in [-0.2, 0) is 13.0 Å². The molecular weight excluding hydrogens is 272 g/mol. The van der Waals surface area contributed by atoms with Crippen molar-refractivity contribution in [2.24, 2.45) is 0 Å². The summed E-state index contributed by atoms with van der Waals surface area (Å²) in [6.45, 7) is 5.06. The first-order chi connectivity index (χ1) is 10.8. The molecule has 1 aliphatic rings. The van der Waals surface area contributed by atoms with Gasteiger partial charge in [0, 0.05) is 38.9 Å². The minimum atomic E-state index is 0.448. The van der Waals surface area contributed by atoms with Crippen LogP contribution in [0.2, 0.25) is 0 Å². The molecule has 4 nitrogen and oxygen atoms in total. The van der Waals surface area contributed by atoms with Gasteiger partial charge in [-0.1, -0.05) is 30.3 Å². The number of piperazine rings is 1. The Bertz CT molecular complexity index is 640. The van der Waals surface area contributed by atoms with Crippen molar-refractivity contribution in [3.8, 4) is 6.07 Å². The fraction of sp³-hybridized carbons (Fsp3) is 0.333. The van der Waals surface area contributed by atoms with E-state index in [4.69, 9.17) is 5.26 Å². The fourth-order valence-corrected chi connectivity index (χ4v) is 2.81. The van der Waals surface area contributed by atoms with Crippen molar-refractivity contribution in [1.82, 2.24) is 9.88 Å². The summed E-state index contributed by atoms with van der Waals surface area (Å²) in [6, 6.07) is 16.8. The van der Waals surface area contributed by atoms with E-state index in [0.717, 1.165) is 44.1 Å². The van der Waals surface area contributed by atoms with Gasteiger partial charge < -0.3 is 4.90 Å². The van der Waals surface area contributed by atoms with Crippen LogP contribution in [0.25, 0.3) is 0 Å². The van der Waals surface area contributed by atoms with E-state index in [-0.39, 0.29) is 0 Å². The minimum Gasteiger partial charge on any atom is -0.354 e. The van der Waals surface area contributed by atoms with E-state index < -0.39 is 0 Å². The number of pyridine rings is 1. The molecular formula is C18H20N4. The number of aromatic nitrogens is 1. The molecule has 0 bridgehead atoms. The number of hydrogen-bond donors (Lipinski definition) is 0. The van der Waals surface area contributed by atoms with Crippen molar-refractivity contribution in [3.63, 3.8) is 0 Å². The molecule has 0 atom stereocenters. The van der Waals surface area contributed by atoms with Gasteiger partial charge in [0.25, 0.3) is 0 Å². The summed E-state index contributed by atoms with van der Waals surface area (Å²) < 4.78 is 0. The standard InChI is InChI=1S/C18H20N4/c19-8-6-16-7-9-20-18(14-16)22-12-10-21(11-13-22)15-17-4-2-1-3-5-17/h1-5,7,9,14H,6,10-13,15H2. The average molecular weight is 292 g/mol. The number of hydrogen-bond acceptors (Lipinski definition) is 4. The van der Waals surface area contributed by atoms with Crippen LogP contribution in [0.1, 0.15) is 11.1 Å². The molecule has 2 heterocycles. The summed E-state index contributed by atoms with van der Waals surface area (Å²) in [7, 11) is 0. The Morgan fingerprint density at radius 1 is 1.00 bits per heavy atom. The van der Waals surface area contributed by atoms with Crippen LogP contribution in [0.4, 0.5) is 5.82 Å². The molecule has 0 N–H and O–H groups in total. The third-order valence-electron chi connectivity index (χ3n) is 4.04. The van der Waals surface area contributed by atoms with Gasteiger partial charge in [-0.25, -0.2) is 4.98 Å². The van der Waals surface area contributed by atoms with Crippen molar-refractivity contribution < 1.29 is 0 Å². The molecule has 1 aromatic carbocycles. The zero-order valence-corrected chi connectivity index (χ0v) is 12.7. The number of rotatable bonds is 4. The van der Waals surface area contributed by atoms with E-state index >= 15 is 0 Å². The molecule has 3 rings (SSSR count). The highest BCUT2D eigenvalue weighted by Crippen LogP contribution is 2.16. The van der Waals surface area contributed by atoms with Gasteiger partial charge in [-0.05, 0) is 23.3 Å². The summed E-state index contributed by atoms with van der Waals surface area (Å²) in [6.07, 6.45) is 2.25. The van der Waals surface area contributed by atoms with Crippen LogP contribution in [0.3, 0.4) is 0 Å². The highest BCUT2D eigenvalue weighted by atomic mass is 15.3. The quantitative estimate of drug-likeness (QED) is 0.868. The predicted octanol–water partition coefficient (Wildman–Crippen LogP) is 2.47. The summed E-state index contributed by atoms with van der Waals surface area (Å²) in [5.74, 6) is 0.993. The van der Waals surface area contributed by atoms with Crippen LogP contribution in [0.15, 0.2) is 48.7 Å². The van der Waals surface area contributed by atoms with Crippen LogP contribution >= 0.6 is 0 Å². The van der Waals surface area contributed by atoms with Gasteiger partial charge in [-0.2, -0.15) is 5.26 Å². The van der Waals surface area contributed by atoms with Gasteiger partial charge in [0.15, 0.2) is 0 Å². The molecule has 2 aromatic rings. The molecule has 0 unspecified atom stereocenters. The largest absolute Gasteiger partial charge is 0.354 e. The Kier molecular flexibility index (Phi) is 4.67. The number of nitrogens with zero attached hydrogens (tertiary/aromatic N) is 4. The van der Waals surface area contributed by atoms with Gasteiger partial charge in [-0.15, -0.1) is 0 Å². The Morgan fingerprint density at radius 2 is 1.77 bits per heavy atom. The Labute approximate surface area is 131 Å². The molecule has 4 heteroatoms. The number of benzene rings is 1. The summed E-state index contributed by atoms with van der Waals surface area (Å²) in [5.41, 5.74) is 2.41. The van der Waals surface area contributed by atoms with Crippen molar-refractivity contribution in [3.05, 3.63) is 59.8 Å². The van der Waals surface area contributed by atoms with Crippen LogP contribution in [-0.4, -0.2) is 36.1 Å². The minimum absolute atomic E-state index is 0.448. The smallest absolute Gasteiger partial charge is 0.128 e. The molecule has 112 valence electrons. The number of nitriles is 1. The van der Waals surface area contributed by atoms with Gasteiger partial charge in [0.1, 0.15) is 5.82 Å². The molecule has 1 fully saturated rings.